The van der Waals surface area contributed by atoms with Crippen molar-refractivity contribution in [2.45, 2.75) is 26.3 Å². The number of carbonyl (C=O) groups is 3. The number of esters is 1. The minimum atomic E-state index is -0.410. The number of benzene rings is 1. The van der Waals surface area contributed by atoms with Gasteiger partial charge in [-0.25, -0.2) is 0 Å². The Hall–Kier alpha value is -2.94. The number of ether oxygens (including phenoxy) is 1. The molecular formula is C19H27N5O4. The molecule has 0 saturated carbocycles. The second-order valence-corrected chi connectivity index (χ2v) is 6.57. The monoisotopic (exact) mass is 389 g/mol. The number of hydrogen-bond donors (Lipinski definition) is 3. The lowest BCUT2D eigenvalue weighted by Gasteiger charge is -2.38. The largest absolute Gasteiger partial charge is 0.465 e. The van der Waals surface area contributed by atoms with Crippen LogP contribution in [0.25, 0.3) is 0 Å². The van der Waals surface area contributed by atoms with Gasteiger partial charge in [-0.05, 0) is 38.1 Å². The van der Waals surface area contributed by atoms with Crippen LogP contribution >= 0.6 is 0 Å². The van der Waals surface area contributed by atoms with Crippen LogP contribution in [0.15, 0.2) is 24.3 Å². The van der Waals surface area contributed by atoms with E-state index in [4.69, 9.17) is 15.9 Å². The van der Waals surface area contributed by atoms with Crippen molar-refractivity contribution in [1.82, 2.24) is 9.80 Å². The van der Waals surface area contributed by atoms with Crippen molar-refractivity contribution in [2.24, 2.45) is 5.73 Å². The summed E-state index contributed by atoms with van der Waals surface area (Å²) in [7, 11) is 0. The normalized spacial score (nSPS) is 17.3. The van der Waals surface area contributed by atoms with Crippen LogP contribution in [0.3, 0.4) is 0 Å². The predicted molar refractivity (Wildman–Crippen MR) is 105 cm³/mol. The fourth-order valence-electron chi connectivity index (χ4n) is 3.00. The lowest BCUT2D eigenvalue weighted by Crippen LogP contribution is -2.57. The van der Waals surface area contributed by atoms with Crippen molar-refractivity contribution in [1.29, 1.82) is 5.41 Å². The Morgan fingerprint density at radius 3 is 2.57 bits per heavy atom. The Kier molecular flexibility index (Phi) is 7.51. The number of nitrogen functional groups attached to an aromatic ring is 1. The van der Waals surface area contributed by atoms with Gasteiger partial charge in [0.15, 0.2) is 0 Å². The number of amides is 2. The molecule has 1 atom stereocenters. The van der Waals surface area contributed by atoms with E-state index in [1.807, 2.05) is 4.90 Å². The first-order chi connectivity index (χ1) is 13.3. The molecule has 0 aliphatic carbocycles. The molecule has 1 aliphatic rings. The van der Waals surface area contributed by atoms with Crippen LogP contribution in [0.1, 0.15) is 25.8 Å². The maximum atomic E-state index is 12.4. The van der Waals surface area contributed by atoms with Gasteiger partial charge in [0.25, 0.3) is 0 Å². The summed E-state index contributed by atoms with van der Waals surface area (Å²) in [6.07, 6.45) is 0.240. The summed E-state index contributed by atoms with van der Waals surface area (Å²) in [6.45, 7) is 5.21. The van der Waals surface area contributed by atoms with E-state index >= 15 is 0 Å². The molecule has 2 amide bonds. The van der Waals surface area contributed by atoms with E-state index in [2.05, 4.69) is 5.32 Å². The molecule has 0 spiro atoms. The highest BCUT2D eigenvalue weighted by atomic mass is 16.5. The highest BCUT2D eigenvalue weighted by Gasteiger charge is 2.32. The Labute approximate surface area is 164 Å². The summed E-state index contributed by atoms with van der Waals surface area (Å²) in [4.78, 5) is 39.6. The maximum Gasteiger partial charge on any atom is 0.325 e. The summed E-state index contributed by atoms with van der Waals surface area (Å²) >= 11 is 0. The highest BCUT2D eigenvalue weighted by molar-refractivity contribution is 5.96. The number of hydrogen-bond acceptors (Lipinski definition) is 6. The lowest BCUT2D eigenvalue weighted by atomic mass is 10.1. The summed E-state index contributed by atoms with van der Waals surface area (Å²) < 4.78 is 4.89. The third-order valence-corrected chi connectivity index (χ3v) is 4.60. The number of nitrogens with two attached hydrogens (primary N) is 1. The zero-order valence-electron chi connectivity index (χ0n) is 16.2. The van der Waals surface area contributed by atoms with E-state index in [1.165, 1.54) is 4.90 Å². The number of rotatable bonds is 8. The molecule has 1 saturated heterocycles. The molecule has 9 nitrogen and oxygen atoms in total. The molecule has 1 aromatic rings. The fraction of sp³-hybridized carbons (Fsp3) is 0.474. The van der Waals surface area contributed by atoms with Crippen LogP contribution < -0.4 is 11.1 Å². The van der Waals surface area contributed by atoms with Crippen LogP contribution in [-0.4, -0.2) is 72.2 Å². The number of piperazine rings is 1. The van der Waals surface area contributed by atoms with Crippen LogP contribution in [0.5, 0.6) is 0 Å². The van der Waals surface area contributed by atoms with E-state index in [0.29, 0.717) is 30.9 Å². The molecule has 1 aromatic carbocycles. The van der Waals surface area contributed by atoms with Crippen LogP contribution in [0, 0.1) is 5.41 Å². The van der Waals surface area contributed by atoms with Gasteiger partial charge in [0.1, 0.15) is 12.4 Å². The average molecular weight is 389 g/mol. The van der Waals surface area contributed by atoms with Gasteiger partial charge in [0, 0.05) is 37.3 Å². The smallest absolute Gasteiger partial charge is 0.325 e. The van der Waals surface area contributed by atoms with Crippen molar-refractivity contribution in [2.75, 3.05) is 38.1 Å². The summed E-state index contributed by atoms with van der Waals surface area (Å²) in [5.41, 5.74) is 6.62. The van der Waals surface area contributed by atoms with Gasteiger partial charge in [-0.1, -0.05) is 0 Å². The van der Waals surface area contributed by atoms with Gasteiger partial charge in [0.05, 0.1) is 12.6 Å². The van der Waals surface area contributed by atoms with Gasteiger partial charge in [-0.3, -0.25) is 24.7 Å². The molecule has 0 radical (unpaired) electrons. The van der Waals surface area contributed by atoms with Crippen molar-refractivity contribution in [3.63, 3.8) is 0 Å². The first-order valence-corrected chi connectivity index (χ1v) is 9.24. The first-order valence-electron chi connectivity index (χ1n) is 9.24. The average Bonchev–Trinajstić information content (AvgIpc) is 2.65. The van der Waals surface area contributed by atoms with E-state index < -0.39 is 12.0 Å². The van der Waals surface area contributed by atoms with Crippen molar-refractivity contribution >= 4 is 29.3 Å². The predicted octanol–water partition coefficient (Wildman–Crippen LogP) is 0.395. The Bertz CT molecular complexity index is 734. The second-order valence-electron chi connectivity index (χ2n) is 6.57. The van der Waals surface area contributed by atoms with Gasteiger partial charge in [-0.15, -0.1) is 0 Å². The Morgan fingerprint density at radius 1 is 1.29 bits per heavy atom. The number of nitrogens with one attached hydrogen (secondary N) is 2. The van der Waals surface area contributed by atoms with E-state index in [9.17, 15) is 14.4 Å². The second kappa shape index (κ2) is 9.84. The molecule has 28 heavy (non-hydrogen) atoms. The van der Waals surface area contributed by atoms with Gasteiger partial charge >= 0.3 is 5.97 Å². The molecular weight excluding hydrogens is 362 g/mol. The molecule has 152 valence electrons. The van der Waals surface area contributed by atoms with E-state index in [1.54, 1.807) is 38.1 Å². The summed E-state index contributed by atoms with van der Waals surface area (Å²) in [5.74, 6) is -0.742. The van der Waals surface area contributed by atoms with Gasteiger partial charge in [0.2, 0.25) is 11.8 Å². The third-order valence-electron chi connectivity index (χ3n) is 4.60. The molecule has 4 N–H and O–H groups in total. The number of anilines is 1. The van der Waals surface area contributed by atoms with Gasteiger partial charge in [-0.2, -0.15) is 0 Å². The molecule has 9 heteroatoms. The first kappa shape index (κ1) is 21.4. The van der Waals surface area contributed by atoms with Crippen molar-refractivity contribution < 1.29 is 19.1 Å². The van der Waals surface area contributed by atoms with Crippen LogP contribution in [0.4, 0.5) is 5.69 Å². The fourth-order valence-corrected chi connectivity index (χ4v) is 3.00. The Balaban J connectivity index is 1.81. The zero-order chi connectivity index (χ0) is 20.7. The Morgan fingerprint density at radius 2 is 1.96 bits per heavy atom. The number of carbonyl (C=O) groups excluding carboxylic acids is 3. The molecule has 1 aliphatic heterocycles. The molecule has 2 rings (SSSR count). The maximum absolute atomic E-state index is 12.4. The topological polar surface area (TPSA) is 129 Å². The summed E-state index contributed by atoms with van der Waals surface area (Å²) in [6, 6.07) is 6.32. The minimum Gasteiger partial charge on any atom is -0.465 e. The van der Waals surface area contributed by atoms with Gasteiger partial charge < -0.3 is 20.7 Å². The molecule has 1 fully saturated rings. The van der Waals surface area contributed by atoms with Crippen LogP contribution in [0.2, 0.25) is 0 Å². The van der Waals surface area contributed by atoms with E-state index in [-0.39, 0.29) is 37.2 Å². The van der Waals surface area contributed by atoms with Crippen molar-refractivity contribution in [3.8, 4) is 0 Å². The minimum absolute atomic E-state index is 0.0290. The van der Waals surface area contributed by atoms with E-state index in [0.717, 1.165) is 0 Å². The highest BCUT2D eigenvalue weighted by Crippen LogP contribution is 2.13. The lowest BCUT2D eigenvalue weighted by molar-refractivity contribution is -0.153. The molecule has 0 bridgehead atoms. The zero-order valence-corrected chi connectivity index (χ0v) is 16.2. The molecule has 0 aromatic heterocycles. The standard InChI is InChI=1S/C19H27N5O4/c1-3-28-17(26)12-24-11-10-23(13(2)19(24)27)9-8-16(25)22-15-6-4-14(5-7-15)18(20)21/h4-7,13H,3,8-12H2,1-2H3,(H3,20,21)(H,22,25)/t13-/m0/s1. The summed E-state index contributed by atoms with van der Waals surface area (Å²) in [5, 5.41) is 10.2. The number of nitrogens with zero attached hydrogens (tertiary/aromatic N) is 2. The molecule has 1 heterocycles. The third kappa shape index (κ3) is 5.78. The SMILES string of the molecule is CCOC(=O)CN1CCN(CCC(=O)Nc2ccc(C(=N)N)cc2)[C@@H](C)C1=O. The number of amidine groups is 1. The van der Waals surface area contributed by atoms with Crippen molar-refractivity contribution in [3.05, 3.63) is 29.8 Å². The molecule has 0 unspecified atom stereocenters. The van der Waals surface area contributed by atoms with Crippen LogP contribution in [-0.2, 0) is 19.1 Å². The quantitative estimate of drug-likeness (QED) is 0.335.